The Morgan fingerprint density at radius 3 is 2.16 bits per heavy atom. The van der Waals surface area contributed by atoms with Crippen LogP contribution in [0.4, 0.5) is 11.5 Å². The van der Waals surface area contributed by atoms with Crippen LogP contribution >= 0.6 is 11.6 Å². The number of hydrogen-bond acceptors (Lipinski definition) is 4. The van der Waals surface area contributed by atoms with Gasteiger partial charge in [0.25, 0.3) is 0 Å². The molecule has 0 N–H and O–H groups in total. The molecule has 1 aliphatic rings. The van der Waals surface area contributed by atoms with Gasteiger partial charge in [-0.25, -0.2) is 4.98 Å². The monoisotopic (exact) mass is 445 g/mol. The lowest BCUT2D eigenvalue weighted by Crippen LogP contribution is -2.47. The molecule has 1 saturated heterocycles. The number of benzene rings is 2. The number of piperazine rings is 1. The van der Waals surface area contributed by atoms with Gasteiger partial charge in [0.15, 0.2) is 5.65 Å². The Labute approximate surface area is 194 Å². The van der Waals surface area contributed by atoms with Gasteiger partial charge in [-0.15, -0.1) is 0 Å². The summed E-state index contributed by atoms with van der Waals surface area (Å²) in [7, 11) is 0. The standard InChI is InChI=1S/C26H28ClN5/c1-26(2,3)23-17-24(31-15-13-30(14-16-31)21-7-5-4-6-8-21)32-25(29-23)22(18-28-32)19-9-11-20(27)12-10-19/h4-12,17-18H,13-16H2,1-3H3. The molecule has 2 aromatic heterocycles. The highest BCUT2D eigenvalue weighted by molar-refractivity contribution is 6.30. The van der Waals surface area contributed by atoms with Gasteiger partial charge < -0.3 is 9.80 Å². The van der Waals surface area contributed by atoms with Crippen molar-refractivity contribution in [3.05, 3.63) is 77.6 Å². The average molecular weight is 446 g/mol. The van der Waals surface area contributed by atoms with Gasteiger partial charge in [0.05, 0.1) is 11.9 Å². The zero-order valence-electron chi connectivity index (χ0n) is 18.8. The zero-order chi connectivity index (χ0) is 22.3. The molecule has 5 nitrogen and oxygen atoms in total. The number of aromatic nitrogens is 3. The molecular formula is C26H28ClN5. The second kappa shape index (κ2) is 8.14. The van der Waals surface area contributed by atoms with E-state index >= 15 is 0 Å². The lowest BCUT2D eigenvalue weighted by Gasteiger charge is -2.37. The van der Waals surface area contributed by atoms with Crippen molar-refractivity contribution in [2.75, 3.05) is 36.0 Å². The molecule has 6 heteroatoms. The predicted octanol–water partition coefficient (Wildman–Crippen LogP) is 5.67. The van der Waals surface area contributed by atoms with Crippen LogP contribution in [0.2, 0.25) is 5.02 Å². The molecule has 32 heavy (non-hydrogen) atoms. The van der Waals surface area contributed by atoms with Crippen molar-refractivity contribution >= 4 is 28.8 Å². The zero-order valence-corrected chi connectivity index (χ0v) is 19.5. The fourth-order valence-electron chi connectivity index (χ4n) is 4.22. The van der Waals surface area contributed by atoms with E-state index in [2.05, 4.69) is 67.0 Å². The van der Waals surface area contributed by atoms with E-state index in [0.717, 1.165) is 59.5 Å². The summed E-state index contributed by atoms with van der Waals surface area (Å²) in [6, 6.07) is 20.7. The van der Waals surface area contributed by atoms with Crippen LogP contribution in [0.5, 0.6) is 0 Å². The number of fused-ring (bicyclic) bond motifs is 1. The van der Waals surface area contributed by atoms with Crippen LogP contribution in [0.15, 0.2) is 66.9 Å². The molecule has 0 unspecified atom stereocenters. The van der Waals surface area contributed by atoms with Gasteiger partial charge in [-0.05, 0) is 29.8 Å². The molecule has 164 valence electrons. The van der Waals surface area contributed by atoms with E-state index in [0.29, 0.717) is 0 Å². The number of hydrogen-bond donors (Lipinski definition) is 0. The van der Waals surface area contributed by atoms with Crippen molar-refractivity contribution < 1.29 is 0 Å². The summed E-state index contributed by atoms with van der Waals surface area (Å²) in [5, 5.41) is 5.49. The van der Waals surface area contributed by atoms with Crippen molar-refractivity contribution in [1.82, 2.24) is 14.6 Å². The van der Waals surface area contributed by atoms with Gasteiger partial charge in [0, 0.05) is 53.9 Å². The highest BCUT2D eigenvalue weighted by atomic mass is 35.5. The number of halogens is 1. The minimum atomic E-state index is -0.0656. The lowest BCUT2D eigenvalue weighted by atomic mass is 9.91. The number of para-hydroxylation sites is 1. The molecule has 0 atom stereocenters. The third kappa shape index (κ3) is 3.93. The summed E-state index contributed by atoms with van der Waals surface area (Å²) < 4.78 is 2.00. The van der Waals surface area contributed by atoms with E-state index in [1.54, 1.807) is 0 Å². The number of rotatable bonds is 3. The first-order valence-electron chi connectivity index (χ1n) is 11.1. The molecule has 2 aromatic carbocycles. The molecular weight excluding hydrogens is 418 g/mol. The molecule has 0 saturated carbocycles. The molecule has 0 aliphatic carbocycles. The summed E-state index contributed by atoms with van der Waals surface area (Å²) >= 11 is 6.11. The largest absolute Gasteiger partial charge is 0.368 e. The second-order valence-corrected chi connectivity index (χ2v) is 9.80. The van der Waals surface area contributed by atoms with Crippen LogP contribution in [0.3, 0.4) is 0 Å². The van der Waals surface area contributed by atoms with Crippen molar-refractivity contribution in [1.29, 1.82) is 0 Å². The minimum Gasteiger partial charge on any atom is -0.368 e. The quantitative estimate of drug-likeness (QED) is 0.407. The van der Waals surface area contributed by atoms with Gasteiger partial charge in [-0.3, -0.25) is 0 Å². The molecule has 1 aliphatic heterocycles. The van der Waals surface area contributed by atoms with E-state index < -0.39 is 0 Å². The van der Waals surface area contributed by atoms with Crippen LogP contribution in [-0.2, 0) is 5.41 Å². The van der Waals surface area contributed by atoms with Crippen molar-refractivity contribution in [2.24, 2.45) is 0 Å². The third-order valence-corrected chi connectivity index (χ3v) is 6.35. The predicted molar refractivity (Wildman–Crippen MR) is 133 cm³/mol. The molecule has 1 fully saturated rings. The molecule has 0 spiro atoms. The first-order chi connectivity index (χ1) is 15.4. The molecule has 4 aromatic rings. The lowest BCUT2D eigenvalue weighted by molar-refractivity contribution is 0.565. The maximum atomic E-state index is 6.11. The smallest absolute Gasteiger partial charge is 0.165 e. The third-order valence-electron chi connectivity index (χ3n) is 6.10. The first kappa shape index (κ1) is 20.8. The molecule has 3 heterocycles. The summed E-state index contributed by atoms with van der Waals surface area (Å²) in [6.07, 6.45) is 1.92. The van der Waals surface area contributed by atoms with Crippen molar-refractivity contribution in [2.45, 2.75) is 26.2 Å². The van der Waals surface area contributed by atoms with Crippen LogP contribution < -0.4 is 9.80 Å². The van der Waals surface area contributed by atoms with Crippen LogP contribution in [0, 0.1) is 0 Å². The number of anilines is 2. The van der Waals surface area contributed by atoms with Crippen molar-refractivity contribution in [3.63, 3.8) is 0 Å². The van der Waals surface area contributed by atoms with Crippen LogP contribution in [-0.4, -0.2) is 40.8 Å². The maximum absolute atomic E-state index is 6.11. The fourth-order valence-corrected chi connectivity index (χ4v) is 4.35. The topological polar surface area (TPSA) is 36.7 Å². The minimum absolute atomic E-state index is 0.0656. The molecule has 0 bridgehead atoms. The van der Waals surface area contributed by atoms with Gasteiger partial charge >= 0.3 is 0 Å². The Kier molecular flexibility index (Phi) is 5.30. The molecule has 5 rings (SSSR count). The van der Waals surface area contributed by atoms with E-state index in [-0.39, 0.29) is 5.41 Å². The summed E-state index contributed by atoms with van der Waals surface area (Å²) in [5.41, 5.74) is 5.27. The Morgan fingerprint density at radius 2 is 1.50 bits per heavy atom. The normalized spacial score (nSPS) is 14.9. The maximum Gasteiger partial charge on any atom is 0.165 e. The van der Waals surface area contributed by atoms with Crippen molar-refractivity contribution in [3.8, 4) is 11.1 Å². The molecule has 0 amide bonds. The fraction of sp³-hybridized carbons (Fsp3) is 0.308. The van der Waals surface area contributed by atoms with E-state index in [4.69, 9.17) is 21.7 Å². The Bertz CT molecular complexity index is 1220. The van der Waals surface area contributed by atoms with Gasteiger partial charge in [0.1, 0.15) is 5.82 Å². The summed E-state index contributed by atoms with van der Waals surface area (Å²) in [5.74, 6) is 1.10. The van der Waals surface area contributed by atoms with Crippen LogP contribution in [0.25, 0.3) is 16.8 Å². The Hall–Kier alpha value is -3.05. The first-order valence-corrected chi connectivity index (χ1v) is 11.5. The highest BCUT2D eigenvalue weighted by Crippen LogP contribution is 2.32. The van der Waals surface area contributed by atoms with Gasteiger partial charge in [-0.1, -0.05) is 62.7 Å². The highest BCUT2D eigenvalue weighted by Gasteiger charge is 2.25. The van der Waals surface area contributed by atoms with E-state index in [1.165, 1.54) is 5.69 Å². The summed E-state index contributed by atoms with van der Waals surface area (Å²) in [4.78, 5) is 9.93. The van der Waals surface area contributed by atoms with E-state index in [9.17, 15) is 0 Å². The van der Waals surface area contributed by atoms with E-state index in [1.807, 2.05) is 35.0 Å². The Morgan fingerprint density at radius 1 is 0.844 bits per heavy atom. The van der Waals surface area contributed by atoms with Gasteiger partial charge in [-0.2, -0.15) is 9.61 Å². The molecule has 0 radical (unpaired) electrons. The van der Waals surface area contributed by atoms with Crippen LogP contribution in [0.1, 0.15) is 26.5 Å². The Balaban J connectivity index is 1.53. The SMILES string of the molecule is CC(C)(C)c1cc(N2CCN(c3ccccc3)CC2)n2ncc(-c3ccc(Cl)cc3)c2n1. The van der Waals surface area contributed by atoms with Gasteiger partial charge in [0.2, 0.25) is 0 Å². The second-order valence-electron chi connectivity index (χ2n) is 9.36. The summed E-state index contributed by atoms with van der Waals surface area (Å²) in [6.45, 7) is 10.5. The average Bonchev–Trinajstić information content (AvgIpc) is 3.23. The number of nitrogens with zero attached hydrogens (tertiary/aromatic N) is 5.